The van der Waals surface area contributed by atoms with Gasteiger partial charge in [0.2, 0.25) is 0 Å². The molecule has 1 aromatic carbocycles. The summed E-state index contributed by atoms with van der Waals surface area (Å²) < 4.78 is 0. The lowest BCUT2D eigenvalue weighted by atomic mass is 9.77. The molecule has 1 nitrogen and oxygen atoms in total. The van der Waals surface area contributed by atoms with Gasteiger partial charge in [0, 0.05) is 6.04 Å². The second kappa shape index (κ2) is 5.49. The van der Waals surface area contributed by atoms with Crippen LogP contribution in [0, 0.1) is 5.92 Å². The van der Waals surface area contributed by atoms with Crippen LogP contribution < -0.4 is 5.32 Å². The van der Waals surface area contributed by atoms with Crippen LogP contribution in [0.15, 0.2) is 24.3 Å². The van der Waals surface area contributed by atoms with Crippen LogP contribution in [0.5, 0.6) is 0 Å². The summed E-state index contributed by atoms with van der Waals surface area (Å²) in [6.45, 7) is 2.21. The zero-order valence-corrected chi connectivity index (χ0v) is 10.5. The number of hydrogen-bond acceptors (Lipinski definition) is 1. The third kappa shape index (κ3) is 2.65. The Kier molecular flexibility index (Phi) is 4.00. The van der Waals surface area contributed by atoms with Crippen molar-refractivity contribution in [2.45, 2.75) is 45.1 Å². The summed E-state index contributed by atoms with van der Waals surface area (Å²) in [5, 5.41) is 3.48. The minimum absolute atomic E-state index is 0.682. The maximum absolute atomic E-state index is 3.48. The first kappa shape index (κ1) is 11.7. The van der Waals surface area contributed by atoms with Gasteiger partial charge < -0.3 is 5.32 Å². The molecule has 16 heavy (non-hydrogen) atoms. The van der Waals surface area contributed by atoms with Crippen molar-refractivity contribution >= 4 is 0 Å². The van der Waals surface area contributed by atoms with E-state index < -0.39 is 0 Å². The van der Waals surface area contributed by atoms with Crippen molar-refractivity contribution in [2.24, 2.45) is 5.92 Å². The summed E-state index contributed by atoms with van der Waals surface area (Å²) in [7, 11) is 2.10. The van der Waals surface area contributed by atoms with Gasteiger partial charge in [-0.3, -0.25) is 0 Å². The van der Waals surface area contributed by atoms with Crippen LogP contribution in [0.2, 0.25) is 0 Å². The number of rotatable bonds is 5. The summed E-state index contributed by atoms with van der Waals surface area (Å²) in [5.74, 6) is 0.913. The first-order chi connectivity index (χ1) is 7.83. The van der Waals surface area contributed by atoms with Crippen molar-refractivity contribution < 1.29 is 0 Å². The summed E-state index contributed by atoms with van der Waals surface area (Å²) in [6, 6.07) is 9.80. The van der Waals surface area contributed by atoms with Gasteiger partial charge >= 0.3 is 0 Å². The minimum Gasteiger partial charge on any atom is -0.316 e. The molecule has 2 rings (SSSR count). The average Bonchev–Trinajstić information content (AvgIpc) is 2.26. The van der Waals surface area contributed by atoms with Crippen LogP contribution in [-0.2, 0) is 12.8 Å². The lowest BCUT2D eigenvalue weighted by molar-refractivity contribution is 0.236. The first-order valence-electron chi connectivity index (χ1n) is 6.58. The lowest BCUT2D eigenvalue weighted by Gasteiger charge is -2.33. The lowest BCUT2D eigenvalue weighted by Crippen LogP contribution is -2.39. The van der Waals surface area contributed by atoms with E-state index >= 15 is 0 Å². The first-order valence-corrected chi connectivity index (χ1v) is 6.58. The van der Waals surface area contributed by atoms with E-state index in [2.05, 4.69) is 43.6 Å². The van der Waals surface area contributed by atoms with Crippen molar-refractivity contribution in [2.75, 3.05) is 7.05 Å². The Balaban J connectivity index is 1.95. The van der Waals surface area contributed by atoms with E-state index in [0.717, 1.165) is 12.3 Å². The highest BCUT2D eigenvalue weighted by Crippen LogP contribution is 2.30. The third-order valence-corrected chi connectivity index (χ3v) is 3.98. The number of likely N-dealkylation sites (N-methyl/N-ethyl adjacent to an activating group) is 1. The molecule has 1 fully saturated rings. The fourth-order valence-electron chi connectivity index (χ4n) is 2.51. The summed E-state index contributed by atoms with van der Waals surface area (Å²) in [6.07, 6.45) is 6.58. The molecule has 0 heterocycles. The molecule has 1 aromatic rings. The molecule has 0 aromatic heterocycles. The van der Waals surface area contributed by atoms with E-state index in [1.807, 2.05) is 0 Å². The van der Waals surface area contributed by atoms with Gasteiger partial charge in [-0.2, -0.15) is 0 Å². The van der Waals surface area contributed by atoms with Crippen LogP contribution in [0.1, 0.15) is 37.3 Å². The third-order valence-electron chi connectivity index (χ3n) is 3.98. The predicted molar refractivity (Wildman–Crippen MR) is 69.7 cm³/mol. The van der Waals surface area contributed by atoms with E-state index in [9.17, 15) is 0 Å². The van der Waals surface area contributed by atoms with Crippen molar-refractivity contribution in [1.29, 1.82) is 0 Å². The highest BCUT2D eigenvalue weighted by molar-refractivity contribution is 5.23. The summed E-state index contributed by atoms with van der Waals surface area (Å²) in [5.41, 5.74) is 2.91. The second-order valence-corrected chi connectivity index (χ2v) is 4.96. The molecule has 0 aliphatic heterocycles. The van der Waals surface area contributed by atoms with Crippen molar-refractivity contribution in [3.8, 4) is 0 Å². The Labute approximate surface area is 99.3 Å². The number of benzene rings is 1. The SMILES string of the molecule is CCc1ccc(CC(NC)C2CCC2)cc1. The largest absolute Gasteiger partial charge is 0.316 e. The Morgan fingerprint density at radius 1 is 1.19 bits per heavy atom. The predicted octanol–water partition coefficient (Wildman–Crippen LogP) is 3.18. The van der Waals surface area contributed by atoms with Gasteiger partial charge in [0.25, 0.3) is 0 Å². The highest BCUT2D eigenvalue weighted by atomic mass is 14.9. The number of hydrogen-bond donors (Lipinski definition) is 1. The maximum Gasteiger partial charge on any atom is 0.0133 e. The molecule has 88 valence electrons. The van der Waals surface area contributed by atoms with E-state index in [0.29, 0.717) is 6.04 Å². The van der Waals surface area contributed by atoms with Gasteiger partial charge in [-0.15, -0.1) is 0 Å². The van der Waals surface area contributed by atoms with Crippen LogP contribution in [-0.4, -0.2) is 13.1 Å². The summed E-state index contributed by atoms with van der Waals surface area (Å²) >= 11 is 0. The molecule has 0 bridgehead atoms. The normalized spacial score (nSPS) is 18.1. The molecule has 1 saturated carbocycles. The highest BCUT2D eigenvalue weighted by Gasteiger charge is 2.25. The quantitative estimate of drug-likeness (QED) is 0.798. The Morgan fingerprint density at radius 3 is 2.25 bits per heavy atom. The molecule has 1 aliphatic rings. The summed E-state index contributed by atoms with van der Waals surface area (Å²) in [4.78, 5) is 0. The van der Waals surface area contributed by atoms with Gasteiger partial charge in [-0.25, -0.2) is 0 Å². The monoisotopic (exact) mass is 217 g/mol. The van der Waals surface area contributed by atoms with Crippen molar-refractivity contribution in [3.05, 3.63) is 35.4 Å². The van der Waals surface area contributed by atoms with Gasteiger partial charge in [0.05, 0.1) is 0 Å². The van der Waals surface area contributed by atoms with Crippen molar-refractivity contribution in [1.82, 2.24) is 5.32 Å². The molecule has 1 heteroatoms. The fraction of sp³-hybridized carbons (Fsp3) is 0.600. The van der Waals surface area contributed by atoms with Crippen LogP contribution in [0.3, 0.4) is 0 Å². The molecule has 1 aliphatic carbocycles. The van der Waals surface area contributed by atoms with E-state index in [1.165, 1.54) is 36.8 Å². The molecule has 0 radical (unpaired) electrons. The smallest absolute Gasteiger partial charge is 0.0133 e. The number of nitrogens with one attached hydrogen (secondary N) is 1. The number of aryl methyl sites for hydroxylation is 1. The van der Waals surface area contributed by atoms with Crippen LogP contribution in [0.4, 0.5) is 0 Å². The molecule has 0 saturated heterocycles. The van der Waals surface area contributed by atoms with Gasteiger partial charge in [0.15, 0.2) is 0 Å². The molecule has 1 atom stereocenters. The molecule has 0 spiro atoms. The standard InChI is InChI=1S/C15H23N/c1-3-12-7-9-13(10-8-12)11-15(16-2)14-5-4-6-14/h7-10,14-16H,3-6,11H2,1-2H3. The van der Waals surface area contributed by atoms with Gasteiger partial charge in [-0.1, -0.05) is 37.6 Å². The minimum atomic E-state index is 0.682. The zero-order chi connectivity index (χ0) is 11.4. The van der Waals surface area contributed by atoms with E-state index in [1.54, 1.807) is 0 Å². The molecular weight excluding hydrogens is 194 g/mol. The maximum atomic E-state index is 3.48. The van der Waals surface area contributed by atoms with E-state index in [-0.39, 0.29) is 0 Å². The fourth-order valence-corrected chi connectivity index (χ4v) is 2.51. The Bertz CT molecular complexity index is 311. The zero-order valence-electron chi connectivity index (χ0n) is 10.5. The van der Waals surface area contributed by atoms with E-state index in [4.69, 9.17) is 0 Å². The molecule has 0 amide bonds. The Hall–Kier alpha value is -0.820. The molecule has 1 unspecified atom stereocenters. The second-order valence-electron chi connectivity index (χ2n) is 4.96. The Morgan fingerprint density at radius 2 is 1.81 bits per heavy atom. The van der Waals surface area contributed by atoms with Crippen LogP contribution in [0.25, 0.3) is 0 Å². The molecular formula is C15H23N. The van der Waals surface area contributed by atoms with Crippen molar-refractivity contribution in [3.63, 3.8) is 0 Å². The van der Waals surface area contributed by atoms with Crippen LogP contribution >= 0.6 is 0 Å². The molecule has 1 N–H and O–H groups in total. The van der Waals surface area contributed by atoms with Gasteiger partial charge in [0.1, 0.15) is 0 Å². The topological polar surface area (TPSA) is 12.0 Å². The average molecular weight is 217 g/mol. The van der Waals surface area contributed by atoms with Gasteiger partial charge in [-0.05, 0) is 49.8 Å².